The van der Waals surface area contributed by atoms with E-state index in [1.165, 1.54) is 4.90 Å². The maximum atomic E-state index is 13.0. The van der Waals surface area contributed by atoms with Crippen LogP contribution in [0.4, 0.5) is 16.2 Å². The molecule has 0 aliphatic carbocycles. The number of ether oxygens (including phenoxy) is 1. The maximum Gasteiger partial charge on any atom is 0.319 e. The number of nitrogens with zero attached hydrogens (tertiary/aromatic N) is 2. The second-order valence-electron chi connectivity index (χ2n) is 8.94. The van der Waals surface area contributed by atoms with E-state index < -0.39 is 6.03 Å². The fraction of sp³-hybridized carbons (Fsp3) is 0.400. The van der Waals surface area contributed by atoms with E-state index in [2.05, 4.69) is 24.5 Å². The van der Waals surface area contributed by atoms with E-state index in [9.17, 15) is 14.4 Å². The highest BCUT2D eigenvalue weighted by Crippen LogP contribution is 2.28. The summed E-state index contributed by atoms with van der Waals surface area (Å²) in [5, 5.41) is 5.25. The molecule has 0 bridgehead atoms. The van der Waals surface area contributed by atoms with Gasteiger partial charge < -0.3 is 25.2 Å². The number of rotatable bonds is 7. The van der Waals surface area contributed by atoms with E-state index in [-0.39, 0.29) is 30.3 Å². The van der Waals surface area contributed by atoms with Crippen LogP contribution >= 0.6 is 0 Å². The number of amides is 4. The van der Waals surface area contributed by atoms with Gasteiger partial charge >= 0.3 is 6.03 Å². The van der Waals surface area contributed by atoms with Crippen molar-refractivity contribution in [2.24, 2.45) is 5.41 Å². The highest BCUT2D eigenvalue weighted by Gasteiger charge is 2.30. The molecule has 33 heavy (non-hydrogen) atoms. The van der Waals surface area contributed by atoms with Gasteiger partial charge in [-0.3, -0.25) is 9.59 Å². The number of benzene rings is 2. The van der Waals surface area contributed by atoms with Crippen LogP contribution in [-0.2, 0) is 9.59 Å². The van der Waals surface area contributed by atoms with Gasteiger partial charge in [0, 0.05) is 30.5 Å². The smallest absolute Gasteiger partial charge is 0.319 e. The predicted molar refractivity (Wildman–Crippen MR) is 128 cm³/mol. The van der Waals surface area contributed by atoms with Crippen LogP contribution in [0, 0.1) is 5.41 Å². The topological polar surface area (TPSA) is 91.0 Å². The van der Waals surface area contributed by atoms with E-state index in [4.69, 9.17) is 4.74 Å². The predicted octanol–water partition coefficient (Wildman–Crippen LogP) is 3.50. The van der Waals surface area contributed by atoms with Gasteiger partial charge in [0.05, 0.1) is 13.7 Å². The first-order chi connectivity index (χ1) is 15.8. The van der Waals surface area contributed by atoms with Crippen LogP contribution in [0.5, 0.6) is 5.75 Å². The molecule has 2 N–H and O–H groups in total. The van der Waals surface area contributed by atoms with Gasteiger partial charge in [-0.2, -0.15) is 0 Å². The van der Waals surface area contributed by atoms with Gasteiger partial charge in [0.2, 0.25) is 11.8 Å². The van der Waals surface area contributed by atoms with Gasteiger partial charge in [-0.05, 0) is 42.5 Å². The molecular weight excluding hydrogens is 420 g/mol. The fourth-order valence-electron chi connectivity index (χ4n) is 3.93. The largest absolute Gasteiger partial charge is 0.497 e. The molecule has 1 fully saturated rings. The minimum atomic E-state index is -0.520. The summed E-state index contributed by atoms with van der Waals surface area (Å²) in [6.45, 7) is 5.35. The van der Waals surface area contributed by atoms with Gasteiger partial charge in [-0.15, -0.1) is 0 Å². The number of likely N-dealkylation sites (tertiary alicyclic amines) is 1. The van der Waals surface area contributed by atoms with E-state index in [1.807, 2.05) is 23.1 Å². The third-order valence-corrected chi connectivity index (χ3v) is 5.64. The van der Waals surface area contributed by atoms with Gasteiger partial charge in [-0.25, -0.2) is 4.79 Å². The Morgan fingerprint density at radius 3 is 2.55 bits per heavy atom. The molecule has 0 aromatic heterocycles. The molecule has 1 aliphatic heterocycles. The van der Waals surface area contributed by atoms with Crippen LogP contribution in [0.3, 0.4) is 0 Å². The number of methoxy groups -OCH3 is 1. The zero-order valence-electron chi connectivity index (χ0n) is 19.5. The van der Waals surface area contributed by atoms with Crippen molar-refractivity contribution >= 4 is 29.2 Å². The van der Waals surface area contributed by atoms with Gasteiger partial charge in [0.15, 0.2) is 0 Å². The Morgan fingerprint density at radius 2 is 1.85 bits per heavy atom. The van der Waals surface area contributed by atoms with Gasteiger partial charge in [0.25, 0.3) is 0 Å². The molecule has 8 heteroatoms. The van der Waals surface area contributed by atoms with Crippen molar-refractivity contribution in [3.63, 3.8) is 0 Å². The quantitative estimate of drug-likeness (QED) is 0.673. The Morgan fingerprint density at radius 1 is 1.09 bits per heavy atom. The molecular formula is C25H32N4O4. The molecule has 1 heterocycles. The third kappa shape index (κ3) is 6.97. The molecule has 8 nitrogen and oxygen atoms in total. The van der Waals surface area contributed by atoms with Crippen molar-refractivity contribution in [1.29, 1.82) is 0 Å². The highest BCUT2D eigenvalue weighted by atomic mass is 16.5. The molecule has 3 rings (SSSR count). The molecule has 0 unspecified atom stereocenters. The Bertz CT molecular complexity index is 977. The first-order valence-corrected chi connectivity index (χ1v) is 11.1. The standard InChI is InChI=1S/C25H32N4O4/c1-25(2)13-8-14-28(18-25)23(31)17-29(20-10-5-4-6-11-20)22(30)16-26-24(32)27-19-9-7-12-21(15-19)33-3/h4-7,9-12,15H,8,13-14,16-18H2,1-3H3,(H2,26,27,32). The summed E-state index contributed by atoms with van der Waals surface area (Å²) < 4.78 is 5.15. The summed E-state index contributed by atoms with van der Waals surface area (Å²) in [6.07, 6.45) is 2.02. The molecule has 1 saturated heterocycles. The summed E-state index contributed by atoms with van der Waals surface area (Å²) in [5.74, 6) is 0.144. The molecule has 4 amide bonds. The summed E-state index contributed by atoms with van der Waals surface area (Å²) in [5.41, 5.74) is 1.22. The van der Waals surface area contributed by atoms with Crippen LogP contribution in [0.2, 0.25) is 0 Å². The average molecular weight is 453 g/mol. The number of hydrogen-bond donors (Lipinski definition) is 2. The molecule has 0 radical (unpaired) electrons. The molecule has 176 valence electrons. The SMILES string of the molecule is COc1cccc(NC(=O)NCC(=O)N(CC(=O)N2CCCC(C)(C)C2)c2ccccc2)c1. The molecule has 2 aromatic rings. The zero-order chi connectivity index (χ0) is 23.8. The van der Waals surface area contributed by atoms with Gasteiger partial charge in [-0.1, -0.05) is 38.1 Å². The van der Waals surface area contributed by atoms with E-state index in [0.29, 0.717) is 30.2 Å². The molecule has 2 aromatic carbocycles. The lowest BCUT2D eigenvalue weighted by molar-refractivity contribution is -0.134. The maximum absolute atomic E-state index is 13.0. The summed E-state index contributed by atoms with van der Waals surface area (Å²) in [6, 6.07) is 15.4. The number of anilines is 2. The molecule has 0 atom stereocenters. The number of carbonyl (C=O) groups is 3. The monoisotopic (exact) mass is 452 g/mol. The summed E-state index contributed by atoms with van der Waals surface area (Å²) in [4.78, 5) is 41.6. The summed E-state index contributed by atoms with van der Waals surface area (Å²) in [7, 11) is 1.54. The van der Waals surface area contributed by atoms with Crippen LogP contribution in [0.15, 0.2) is 54.6 Å². The minimum absolute atomic E-state index is 0.0647. The Labute approximate surface area is 194 Å². The van der Waals surface area contributed by atoms with Crippen LogP contribution < -0.4 is 20.3 Å². The Hall–Kier alpha value is -3.55. The van der Waals surface area contributed by atoms with Crippen molar-refractivity contribution < 1.29 is 19.1 Å². The van der Waals surface area contributed by atoms with Crippen LogP contribution in [-0.4, -0.2) is 56.0 Å². The Kier molecular flexibility index (Phi) is 7.92. The fourth-order valence-corrected chi connectivity index (χ4v) is 3.93. The van der Waals surface area contributed by atoms with Crippen molar-refractivity contribution in [3.05, 3.63) is 54.6 Å². The van der Waals surface area contributed by atoms with Crippen LogP contribution in [0.25, 0.3) is 0 Å². The second kappa shape index (κ2) is 10.8. The second-order valence-corrected chi connectivity index (χ2v) is 8.94. The van der Waals surface area contributed by atoms with Crippen molar-refractivity contribution in [2.45, 2.75) is 26.7 Å². The van der Waals surface area contributed by atoms with E-state index in [0.717, 1.165) is 12.8 Å². The van der Waals surface area contributed by atoms with E-state index in [1.54, 1.807) is 43.5 Å². The molecule has 1 aliphatic rings. The van der Waals surface area contributed by atoms with Gasteiger partial charge in [0.1, 0.15) is 12.3 Å². The highest BCUT2D eigenvalue weighted by molar-refractivity contribution is 6.01. The first kappa shape index (κ1) is 24.1. The van der Waals surface area contributed by atoms with E-state index >= 15 is 0 Å². The number of nitrogens with one attached hydrogen (secondary N) is 2. The van der Waals surface area contributed by atoms with Crippen LogP contribution in [0.1, 0.15) is 26.7 Å². The number of hydrogen-bond acceptors (Lipinski definition) is 4. The number of piperidine rings is 1. The average Bonchev–Trinajstić information content (AvgIpc) is 2.81. The lowest BCUT2D eigenvalue weighted by atomic mass is 9.84. The molecule has 0 saturated carbocycles. The minimum Gasteiger partial charge on any atom is -0.497 e. The normalized spacial score (nSPS) is 14.8. The third-order valence-electron chi connectivity index (χ3n) is 5.64. The van der Waals surface area contributed by atoms with Crippen molar-refractivity contribution in [2.75, 3.05) is 43.5 Å². The lowest BCUT2D eigenvalue weighted by Gasteiger charge is -2.39. The lowest BCUT2D eigenvalue weighted by Crippen LogP contribution is -2.50. The summed E-state index contributed by atoms with van der Waals surface area (Å²) >= 11 is 0. The number of urea groups is 1. The van der Waals surface area contributed by atoms with Crippen molar-refractivity contribution in [3.8, 4) is 5.75 Å². The number of carbonyl (C=O) groups excluding carboxylic acids is 3. The number of para-hydroxylation sites is 1. The first-order valence-electron chi connectivity index (χ1n) is 11.1. The van der Waals surface area contributed by atoms with Crippen molar-refractivity contribution in [1.82, 2.24) is 10.2 Å². The zero-order valence-corrected chi connectivity index (χ0v) is 19.5. The Balaban J connectivity index is 1.63. The molecule has 0 spiro atoms.